The molecular weight excluding hydrogens is 498 g/mol. The number of para-hydroxylation sites is 2. The molecule has 0 radical (unpaired) electrons. The minimum atomic E-state index is -0.195. The predicted octanol–water partition coefficient (Wildman–Crippen LogP) is 6.35. The van der Waals surface area contributed by atoms with Crippen LogP contribution in [0.25, 0.3) is 6.08 Å². The van der Waals surface area contributed by atoms with E-state index in [9.17, 15) is 9.59 Å². The maximum Gasteiger partial charge on any atom is 0.294 e. The summed E-state index contributed by atoms with van der Waals surface area (Å²) in [6.07, 6.45) is 9.28. The third kappa shape index (κ3) is 6.80. The third-order valence-corrected chi connectivity index (χ3v) is 7.94. The number of ether oxygens (including phenoxy) is 1. The van der Waals surface area contributed by atoms with Crippen LogP contribution >= 0.6 is 0 Å². The number of anilines is 1. The molecule has 1 heterocycles. The zero-order chi connectivity index (χ0) is 27.9. The second kappa shape index (κ2) is 13.0. The number of carbonyl (C=O) groups is 2. The number of rotatable bonds is 9. The fraction of sp³-hybridized carbons (Fsp3) is 0.353. The van der Waals surface area contributed by atoms with Crippen LogP contribution in [0.1, 0.15) is 65.6 Å². The van der Waals surface area contributed by atoms with Gasteiger partial charge in [-0.15, -0.1) is 0 Å². The Kier molecular flexibility index (Phi) is 8.97. The van der Waals surface area contributed by atoms with E-state index in [1.165, 1.54) is 37.7 Å². The Bertz CT molecular complexity index is 1340. The number of nitrogens with zero attached hydrogens (tertiary/aromatic N) is 2. The second-order valence-corrected chi connectivity index (χ2v) is 11.0. The highest BCUT2D eigenvalue weighted by atomic mass is 16.5. The van der Waals surface area contributed by atoms with Crippen LogP contribution in [0, 0.1) is 6.92 Å². The lowest BCUT2D eigenvalue weighted by Crippen LogP contribution is -2.36. The molecule has 40 heavy (non-hydrogen) atoms. The molecule has 5 rings (SSSR count). The zero-order valence-electron chi connectivity index (χ0n) is 23.6. The average Bonchev–Trinajstić information content (AvgIpc) is 2.99. The molecule has 6 heteroatoms. The molecule has 0 bridgehead atoms. The number of fused-ring (bicyclic) bond motifs is 1. The summed E-state index contributed by atoms with van der Waals surface area (Å²) < 4.78 is 6.03. The van der Waals surface area contributed by atoms with Crippen LogP contribution < -0.4 is 15.0 Å². The molecule has 1 N–H and O–H groups in total. The van der Waals surface area contributed by atoms with Gasteiger partial charge in [0.05, 0.1) is 12.2 Å². The minimum Gasteiger partial charge on any atom is -0.449 e. The van der Waals surface area contributed by atoms with E-state index in [0.29, 0.717) is 30.4 Å². The largest absolute Gasteiger partial charge is 0.449 e. The van der Waals surface area contributed by atoms with Gasteiger partial charge < -0.3 is 15.0 Å². The molecule has 1 aliphatic carbocycles. The molecule has 0 atom stereocenters. The normalized spacial score (nSPS) is 16.6. The monoisotopic (exact) mass is 537 g/mol. The van der Waals surface area contributed by atoms with Crippen molar-refractivity contribution < 1.29 is 14.3 Å². The number of carbonyl (C=O) groups excluding carboxylic acids is 2. The number of amides is 2. The molecule has 3 aromatic carbocycles. The first kappa shape index (κ1) is 27.7. The molecule has 2 aliphatic rings. The minimum absolute atomic E-state index is 0.0808. The quantitative estimate of drug-likeness (QED) is 0.255. The molecule has 0 saturated heterocycles. The number of hydrogen-bond donors (Lipinski definition) is 1. The van der Waals surface area contributed by atoms with Crippen LogP contribution in [-0.2, 0) is 11.3 Å². The molecule has 6 nitrogen and oxygen atoms in total. The summed E-state index contributed by atoms with van der Waals surface area (Å²) >= 11 is 0. The predicted molar refractivity (Wildman–Crippen MR) is 160 cm³/mol. The highest BCUT2D eigenvalue weighted by molar-refractivity contribution is 6.09. The Morgan fingerprint density at radius 1 is 1.00 bits per heavy atom. The SMILES string of the molecule is Cc1ccc(CN2C(=O)C(=Cc3ccc(C(=O)NCCCN(C)C4CCCCC4)cc3)Oc3ccccc32)cc1. The van der Waals surface area contributed by atoms with E-state index >= 15 is 0 Å². The van der Waals surface area contributed by atoms with Crippen molar-refractivity contribution in [1.82, 2.24) is 10.2 Å². The summed E-state index contributed by atoms with van der Waals surface area (Å²) in [6, 6.07) is 23.7. The summed E-state index contributed by atoms with van der Waals surface area (Å²) in [7, 11) is 2.20. The van der Waals surface area contributed by atoms with Crippen LogP contribution in [0.4, 0.5) is 5.69 Å². The molecule has 3 aromatic rings. The van der Waals surface area contributed by atoms with Crippen molar-refractivity contribution >= 4 is 23.6 Å². The van der Waals surface area contributed by atoms with E-state index in [-0.39, 0.29) is 17.6 Å². The van der Waals surface area contributed by atoms with Gasteiger partial charge in [0, 0.05) is 18.2 Å². The van der Waals surface area contributed by atoms with E-state index in [2.05, 4.69) is 29.4 Å². The van der Waals surface area contributed by atoms with Crippen LogP contribution in [0.3, 0.4) is 0 Å². The molecule has 0 spiro atoms. The van der Waals surface area contributed by atoms with Gasteiger partial charge in [-0.05, 0) is 81.2 Å². The van der Waals surface area contributed by atoms with Crippen molar-refractivity contribution in [3.8, 4) is 5.75 Å². The smallest absolute Gasteiger partial charge is 0.294 e. The lowest BCUT2D eigenvalue weighted by Gasteiger charge is -2.31. The van der Waals surface area contributed by atoms with E-state index in [1.54, 1.807) is 23.1 Å². The van der Waals surface area contributed by atoms with E-state index in [1.807, 2.05) is 55.5 Å². The maximum absolute atomic E-state index is 13.5. The number of hydrogen-bond acceptors (Lipinski definition) is 4. The Labute approximate surface area is 237 Å². The van der Waals surface area contributed by atoms with Crippen molar-refractivity contribution in [3.05, 3.63) is 101 Å². The third-order valence-electron chi connectivity index (χ3n) is 7.94. The number of nitrogens with one attached hydrogen (secondary N) is 1. The van der Waals surface area contributed by atoms with Crippen LogP contribution in [0.5, 0.6) is 5.75 Å². The van der Waals surface area contributed by atoms with Gasteiger partial charge in [-0.25, -0.2) is 0 Å². The highest BCUT2D eigenvalue weighted by Crippen LogP contribution is 2.36. The Hall–Kier alpha value is -3.90. The van der Waals surface area contributed by atoms with Gasteiger partial charge >= 0.3 is 0 Å². The Balaban J connectivity index is 1.20. The topological polar surface area (TPSA) is 61.9 Å². The molecule has 1 aliphatic heterocycles. The summed E-state index contributed by atoms with van der Waals surface area (Å²) in [6.45, 7) is 4.15. The second-order valence-electron chi connectivity index (χ2n) is 11.0. The molecular formula is C34H39N3O3. The van der Waals surface area contributed by atoms with Gasteiger partial charge in [0.15, 0.2) is 11.5 Å². The summed E-state index contributed by atoms with van der Waals surface area (Å²) in [5.41, 5.74) is 4.37. The molecule has 208 valence electrons. The van der Waals surface area contributed by atoms with Gasteiger partial charge in [0.25, 0.3) is 11.8 Å². The fourth-order valence-corrected chi connectivity index (χ4v) is 5.51. The van der Waals surface area contributed by atoms with Crippen molar-refractivity contribution in [2.75, 3.05) is 25.0 Å². The first-order valence-electron chi connectivity index (χ1n) is 14.4. The van der Waals surface area contributed by atoms with Crippen molar-refractivity contribution in [3.63, 3.8) is 0 Å². The number of aryl methyl sites for hydroxylation is 1. The fourth-order valence-electron chi connectivity index (χ4n) is 5.51. The van der Waals surface area contributed by atoms with Gasteiger partial charge in [-0.2, -0.15) is 0 Å². The summed E-state index contributed by atoms with van der Waals surface area (Å²) in [5.74, 6) is 0.623. The standard InChI is InChI=1S/C34H39N3O3/c1-25-13-15-27(16-14-25)24-37-30-11-6-7-12-31(30)40-32(34(37)39)23-26-17-19-28(20-18-26)33(38)35-21-8-22-36(2)29-9-4-3-5-10-29/h6-7,11-20,23,29H,3-5,8-10,21-22,24H2,1-2H3,(H,35,38). The van der Waals surface area contributed by atoms with E-state index < -0.39 is 0 Å². The number of benzene rings is 3. The Morgan fingerprint density at radius 2 is 1.73 bits per heavy atom. The van der Waals surface area contributed by atoms with E-state index in [4.69, 9.17) is 4.74 Å². The summed E-state index contributed by atoms with van der Waals surface area (Å²) in [4.78, 5) is 30.4. The molecule has 1 fully saturated rings. The lowest BCUT2D eigenvalue weighted by atomic mass is 9.94. The highest BCUT2D eigenvalue weighted by Gasteiger charge is 2.30. The van der Waals surface area contributed by atoms with Gasteiger partial charge in [0.2, 0.25) is 0 Å². The average molecular weight is 538 g/mol. The Morgan fingerprint density at radius 3 is 2.48 bits per heavy atom. The molecule has 0 unspecified atom stereocenters. The van der Waals surface area contributed by atoms with Crippen molar-refractivity contribution in [2.45, 2.75) is 58.0 Å². The van der Waals surface area contributed by atoms with Crippen LogP contribution in [0.2, 0.25) is 0 Å². The first-order chi connectivity index (χ1) is 19.5. The van der Waals surface area contributed by atoms with Gasteiger partial charge in [-0.1, -0.05) is 73.4 Å². The van der Waals surface area contributed by atoms with Crippen LogP contribution in [0.15, 0.2) is 78.6 Å². The summed E-state index contributed by atoms with van der Waals surface area (Å²) in [5, 5.41) is 3.04. The lowest BCUT2D eigenvalue weighted by molar-refractivity contribution is -0.117. The molecule has 1 saturated carbocycles. The molecule has 2 amide bonds. The van der Waals surface area contributed by atoms with Gasteiger partial charge in [0.1, 0.15) is 0 Å². The van der Waals surface area contributed by atoms with Crippen molar-refractivity contribution in [2.24, 2.45) is 0 Å². The maximum atomic E-state index is 13.5. The zero-order valence-corrected chi connectivity index (χ0v) is 23.6. The molecule has 0 aromatic heterocycles. The first-order valence-corrected chi connectivity index (χ1v) is 14.4. The van der Waals surface area contributed by atoms with Gasteiger partial charge in [-0.3, -0.25) is 14.5 Å². The van der Waals surface area contributed by atoms with Crippen molar-refractivity contribution in [1.29, 1.82) is 0 Å². The van der Waals surface area contributed by atoms with E-state index in [0.717, 1.165) is 29.8 Å². The van der Waals surface area contributed by atoms with Crippen LogP contribution in [-0.4, -0.2) is 42.9 Å².